The number of benzene rings is 1. The summed E-state index contributed by atoms with van der Waals surface area (Å²) < 4.78 is 5.53. The largest absolute Gasteiger partial charge is 0.444 e. The van der Waals surface area contributed by atoms with Gasteiger partial charge in [0, 0.05) is 39.1 Å². The van der Waals surface area contributed by atoms with Crippen LogP contribution in [0.15, 0.2) is 18.2 Å². The Bertz CT molecular complexity index is 959. The van der Waals surface area contributed by atoms with E-state index in [0.29, 0.717) is 25.2 Å². The van der Waals surface area contributed by atoms with Crippen LogP contribution in [0.2, 0.25) is 0 Å². The van der Waals surface area contributed by atoms with E-state index in [1.165, 1.54) is 11.9 Å². The summed E-state index contributed by atoms with van der Waals surface area (Å²) in [7, 11) is 3.49. The molecular formula is C30H50N4O5. The molecule has 1 heterocycles. The Hall–Kier alpha value is -3.10. The van der Waals surface area contributed by atoms with Gasteiger partial charge in [0.2, 0.25) is 12.3 Å². The summed E-state index contributed by atoms with van der Waals surface area (Å²) >= 11 is 0. The first-order valence-electron chi connectivity index (χ1n) is 14.0. The molecule has 1 aromatic rings. The highest BCUT2D eigenvalue weighted by Gasteiger charge is 2.32. The van der Waals surface area contributed by atoms with E-state index in [4.69, 9.17) is 4.74 Å². The molecule has 1 fully saturated rings. The molecule has 0 spiro atoms. The number of nitrogens with one attached hydrogen (secondary N) is 1. The number of ether oxygens (including phenoxy) is 1. The highest BCUT2D eigenvalue weighted by Crippen LogP contribution is 2.38. The molecule has 0 saturated carbocycles. The number of piperidine rings is 1. The molecule has 0 bridgehead atoms. The molecule has 1 aromatic carbocycles. The molecule has 1 saturated heterocycles. The van der Waals surface area contributed by atoms with Crippen molar-refractivity contribution in [3.63, 3.8) is 0 Å². The molecule has 3 amide bonds. The maximum absolute atomic E-state index is 12.7. The molecule has 0 aliphatic carbocycles. The molecule has 2 rings (SSSR count). The molecule has 1 atom stereocenters. The van der Waals surface area contributed by atoms with Crippen LogP contribution < -0.4 is 15.1 Å². The molecular weight excluding hydrogens is 496 g/mol. The van der Waals surface area contributed by atoms with Gasteiger partial charge in [0.05, 0.1) is 11.4 Å². The quantitative estimate of drug-likeness (QED) is 0.432. The highest BCUT2D eigenvalue weighted by atomic mass is 16.6. The zero-order chi connectivity index (χ0) is 30.0. The van der Waals surface area contributed by atoms with Gasteiger partial charge in [0.1, 0.15) is 17.9 Å². The molecule has 1 unspecified atom stereocenters. The maximum atomic E-state index is 12.7. The number of likely N-dealkylation sites (tertiary alicyclic amines) is 1. The summed E-state index contributed by atoms with van der Waals surface area (Å²) in [5, 5.41) is 2.62. The van der Waals surface area contributed by atoms with Gasteiger partial charge in [-0.15, -0.1) is 0 Å². The zero-order valence-electron chi connectivity index (χ0n) is 25.7. The molecule has 1 N–H and O–H groups in total. The van der Waals surface area contributed by atoms with Crippen molar-refractivity contribution in [1.82, 2.24) is 10.2 Å². The lowest BCUT2D eigenvalue weighted by molar-refractivity contribution is -0.123. The van der Waals surface area contributed by atoms with Crippen LogP contribution in [0.1, 0.15) is 92.6 Å². The highest BCUT2D eigenvalue weighted by molar-refractivity contribution is 5.95. The van der Waals surface area contributed by atoms with Gasteiger partial charge in [0.25, 0.3) is 0 Å². The van der Waals surface area contributed by atoms with E-state index < -0.39 is 11.6 Å². The number of rotatable bonds is 9. The van der Waals surface area contributed by atoms with Crippen molar-refractivity contribution < 1.29 is 23.9 Å². The number of hydrogen-bond acceptors (Lipinski definition) is 6. The van der Waals surface area contributed by atoms with Gasteiger partial charge in [-0.3, -0.25) is 9.59 Å². The minimum absolute atomic E-state index is 0.168. The van der Waals surface area contributed by atoms with Crippen LogP contribution in [0.3, 0.4) is 0 Å². The first-order chi connectivity index (χ1) is 18.2. The molecule has 9 heteroatoms. The smallest absolute Gasteiger partial charge is 0.410 e. The van der Waals surface area contributed by atoms with Crippen molar-refractivity contribution >= 4 is 36.1 Å². The fraction of sp³-hybridized carbons (Fsp3) is 0.667. The fourth-order valence-corrected chi connectivity index (χ4v) is 4.45. The first kappa shape index (κ1) is 33.9. The summed E-state index contributed by atoms with van der Waals surface area (Å²) in [6, 6.07) is 5.17. The van der Waals surface area contributed by atoms with Crippen molar-refractivity contribution in [2.24, 2.45) is 0 Å². The molecule has 39 heavy (non-hydrogen) atoms. The van der Waals surface area contributed by atoms with Gasteiger partial charge < -0.3 is 29.5 Å². The van der Waals surface area contributed by atoms with Crippen LogP contribution in [0.4, 0.5) is 16.2 Å². The van der Waals surface area contributed by atoms with Gasteiger partial charge in [-0.2, -0.15) is 0 Å². The SMILES string of the molecule is CC.CNC(=O)C(CCC=O)N(C=O)c1ccc(C2CCN(C(=O)OC(C)(C)C)CC2)cc1N(C)C(C)(C)C. The second kappa shape index (κ2) is 14.9. The van der Waals surface area contributed by atoms with E-state index in [-0.39, 0.29) is 36.3 Å². The van der Waals surface area contributed by atoms with E-state index in [9.17, 15) is 19.2 Å². The van der Waals surface area contributed by atoms with E-state index in [2.05, 4.69) is 37.1 Å². The summed E-state index contributed by atoms with van der Waals surface area (Å²) in [5.74, 6) is -0.0776. The Kier molecular flexibility index (Phi) is 13.0. The Morgan fingerprint density at radius 3 is 2.13 bits per heavy atom. The summed E-state index contributed by atoms with van der Waals surface area (Å²) in [6.45, 7) is 17.0. The number of nitrogens with zero attached hydrogens (tertiary/aromatic N) is 3. The fourth-order valence-electron chi connectivity index (χ4n) is 4.45. The van der Waals surface area contributed by atoms with Crippen molar-refractivity contribution in [2.75, 3.05) is 37.0 Å². The van der Waals surface area contributed by atoms with E-state index >= 15 is 0 Å². The molecule has 0 radical (unpaired) electrons. The lowest BCUT2D eigenvalue weighted by Crippen LogP contribution is -2.47. The summed E-state index contributed by atoms with van der Waals surface area (Å²) in [4.78, 5) is 53.8. The van der Waals surface area contributed by atoms with Gasteiger partial charge in [-0.1, -0.05) is 19.9 Å². The number of likely N-dealkylation sites (N-methyl/N-ethyl adjacent to an activating group) is 1. The van der Waals surface area contributed by atoms with E-state index in [0.717, 1.165) is 30.4 Å². The van der Waals surface area contributed by atoms with Gasteiger partial charge in [0.15, 0.2) is 0 Å². The van der Waals surface area contributed by atoms with Gasteiger partial charge in [-0.05, 0) is 84.4 Å². The average Bonchev–Trinajstić information content (AvgIpc) is 2.89. The normalized spacial score (nSPS) is 14.9. The number of carbonyl (C=O) groups is 4. The number of carbonyl (C=O) groups excluding carboxylic acids is 4. The topological polar surface area (TPSA) is 99.3 Å². The minimum Gasteiger partial charge on any atom is -0.444 e. The molecule has 1 aliphatic heterocycles. The van der Waals surface area contributed by atoms with E-state index in [1.54, 1.807) is 4.90 Å². The third kappa shape index (κ3) is 9.55. The van der Waals surface area contributed by atoms with Crippen LogP contribution in [0, 0.1) is 0 Å². The molecule has 9 nitrogen and oxygen atoms in total. The number of aldehydes is 1. The first-order valence-corrected chi connectivity index (χ1v) is 14.0. The van der Waals surface area contributed by atoms with Gasteiger partial charge >= 0.3 is 6.09 Å². The van der Waals surface area contributed by atoms with Crippen molar-refractivity contribution in [2.45, 2.75) is 104 Å². The Labute approximate surface area is 235 Å². The standard InChI is InChI=1S/C28H44N4O5.C2H6/c1-27(2,3)30(8)24-18-21(20-13-15-31(16-14-20)26(36)37-28(4,5)6)11-12-22(24)32(19-34)23(10-9-17-33)25(35)29-7;1-2/h11-12,17-20,23H,9-10,13-16H2,1-8H3,(H,29,35);1-2H3. The molecule has 1 aliphatic rings. The monoisotopic (exact) mass is 546 g/mol. The second-order valence-electron chi connectivity index (χ2n) is 11.6. The molecule has 0 aromatic heterocycles. The number of hydrogen-bond donors (Lipinski definition) is 1. The Morgan fingerprint density at radius 2 is 1.67 bits per heavy atom. The van der Waals surface area contributed by atoms with Crippen molar-refractivity contribution in [3.05, 3.63) is 23.8 Å². The third-order valence-corrected chi connectivity index (χ3v) is 6.82. The summed E-state index contributed by atoms with van der Waals surface area (Å²) in [5.41, 5.74) is 1.77. The maximum Gasteiger partial charge on any atom is 0.410 e. The summed E-state index contributed by atoms with van der Waals surface area (Å²) in [6.07, 6.45) is 3.13. The third-order valence-electron chi connectivity index (χ3n) is 6.82. The van der Waals surface area contributed by atoms with E-state index in [1.807, 2.05) is 53.8 Å². The lowest BCUT2D eigenvalue weighted by atomic mass is 9.88. The van der Waals surface area contributed by atoms with Crippen molar-refractivity contribution in [3.8, 4) is 0 Å². The second-order valence-corrected chi connectivity index (χ2v) is 11.6. The average molecular weight is 547 g/mol. The lowest BCUT2D eigenvalue weighted by Gasteiger charge is -2.39. The van der Waals surface area contributed by atoms with Crippen molar-refractivity contribution in [1.29, 1.82) is 0 Å². The van der Waals surface area contributed by atoms with Crippen LogP contribution in [-0.4, -0.2) is 74.0 Å². The Morgan fingerprint density at radius 1 is 1.08 bits per heavy atom. The molecule has 220 valence electrons. The number of amides is 3. The Balaban J connectivity index is 0.00000371. The van der Waals surface area contributed by atoms with Crippen LogP contribution in [0.5, 0.6) is 0 Å². The van der Waals surface area contributed by atoms with Crippen LogP contribution >= 0.6 is 0 Å². The predicted molar refractivity (Wildman–Crippen MR) is 157 cm³/mol. The number of anilines is 2. The van der Waals surface area contributed by atoms with Gasteiger partial charge in [-0.25, -0.2) is 4.79 Å². The minimum atomic E-state index is -0.803. The zero-order valence-corrected chi connectivity index (χ0v) is 25.7. The predicted octanol–water partition coefficient (Wildman–Crippen LogP) is 5.12. The van der Waals surface area contributed by atoms with Crippen LogP contribution in [0.25, 0.3) is 0 Å². The van der Waals surface area contributed by atoms with Crippen LogP contribution in [-0.2, 0) is 19.1 Å².